The lowest BCUT2D eigenvalue weighted by Crippen LogP contribution is -2.45. The van der Waals surface area contributed by atoms with Gasteiger partial charge < -0.3 is 20.8 Å². The molecule has 1 atom stereocenters. The first-order valence-corrected chi connectivity index (χ1v) is 17.7. The second-order valence-corrected chi connectivity index (χ2v) is 14.4. The number of benzene rings is 2. The Hall–Kier alpha value is -3.61. The van der Waals surface area contributed by atoms with Crippen molar-refractivity contribution in [3.05, 3.63) is 89.0 Å². The van der Waals surface area contributed by atoms with Crippen LogP contribution in [-0.4, -0.2) is 66.1 Å². The molecule has 2 aromatic carbocycles. The van der Waals surface area contributed by atoms with Gasteiger partial charge in [0.25, 0.3) is 0 Å². The quantitative estimate of drug-likeness (QED) is 0.150. The fourth-order valence-electron chi connectivity index (χ4n) is 6.51. The molecule has 2 aliphatic rings. The number of fused-ring (bicyclic) bond motifs is 1. The van der Waals surface area contributed by atoms with Gasteiger partial charge in [-0.2, -0.15) is 9.29 Å². The molecule has 244 valence electrons. The van der Waals surface area contributed by atoms with Gasteiger partial charge in [0.05, 0.1) is 10.6 Å². The molecule has 4 N–H and O–H groups in total. The normalized spacial score (nSPS) is 18.0. The molecule has 0 bridgehead atoms. The molecular formula is C35H44N6O4S. The number of nitrogens with zero attached hydrogens (tertiary/aromatic N) is 3. The summed E-state index contributed by atoms with van der Waals surface area (Å²) in [6.07, 6.45) is 7.93. The molecule has 11 heteroatoms. The Kier molecular flexibility index (Phi) is 10.1. The third-order valence-electron chi connectivity index (χ3n) is 9.16. The van der Waals surface area contributed by atoms with Crippen LogP contribution in [0.2, 0.25) is 0 Å². The van der Waals surface area contributed by atoms with Gasteiger partial charge in [0.2, 0.25) is 10.0 Å². The highest BCUT2D eigenvalue weighted by Gasteiger charge is 2.35. The number of rotatable bonds is 12. The largest absolute Gasteiger partial charge is 0.381 e. The summed E-state index contributed by atoms with van der Waals surface area (Å²) in [7, 11) is -3.72. The lowest BCUT2D eigenvalue weighted by molar-refractivity contribution is 0.0568. The predicted molar refractivity (Wildman–Crippen MR) is 181 cm³/mol. The minimum absolute atomic E-state index is 0.0734. The first-order chi connectivity index (χ1) is 22.3. The summed E-state index contributed by atoms with van der Waals surface area (Å²) in [5.41, 5.74) is 10.2. The number of aromatic nitrogens is 3. The van der Waals surface area contributed by atoms with Gasteiger partial charge in [-0.3, -0.25) is 4.57 Å². The molecule has 1 aliphatic carbocycles. The van der Waals surface area contributed by atoms with E-state index in [-0.39, 0.29) is 22.5 Å². The SMILES string of the molecule is C=C1CCCC(N(CC2CCOCC2)S(=O)(=O)c2ccc(-c3cc4cn(-c5ccc(CNCCCN)cc5)c(=O)nc4[nH]3)cc2)C1. The summed E-state index contributed by atoms with van der Waals surface area (Å²) in [5, 5.41) is 4.13. The summed E-state index contributed by atoms with van der Waals surface area (Å²) >= 11 is 0. The van der Waals surface area contributed by atoms with Crippen molar-refractivity contribution in [2.45, 2.75) is 62.4 Å². The maximum atomic E-state index is 14.1. The Morgan fingerprint density at radius 2 is 1.85 bits per heavy atom. The maximum absolute atomic E-state index is 14.1. The van der Waals surface area contributed by atoms with E-state index in [2.05, 4.69) is 21.9 Å². The van der Waals surface area contributed by atoms with Crippen LogP contribution in [0.3, 0.4) is 0 Å². The third kappa shape index (κ3) is 7.34. The highest BCUT2D eigenvalue weighted by Crippen LogP contribution is 2.33. The number of ether oxygens (including phenoxy) is 1. The third-order valence-corrected chi connectivity index (χ3v) is 11.1. The average molecular weight is 645 g/mol. The molecule has 1 unspecified atom stereocenters. The van der Waals surface area contributed by atoms with Crippen LogP contribution in [-0.2, 0) is 21.3 Å². The zero-order valence-corrected chi connectivity index (χ0v) is 27.1. The number of nitrogens with two attached hydrogens (primary N) is 1. The lowest BCUT2D eigenvalue weighted by Gasteiger charge is -2.37. The van der Waals surface area contributed by atoms with Gasteiger partial charge in [-0.05, 0) is 105 Å². The van der Waals surface area contributed by atoms with Crippen molar-refractivity contribution in [3.8, 4) is 16.9 Å². The minimum atomic E-state index is -3.72. The highest BCUT2D eigenvalue weighted by molar-refractivity contribution is 7.89. The summed E-state index contributed by atoms with van der Waals surface area (Å²) < 4.78 is 37.0. The van der Waals surface area contributed by atoms with E-state index in [4.69, 9.17) is 10.5 Å². The Morgan fingerprint density at radius 1 is 1.09 bits per heavy atom. The van der Waals surface area contributed by atoms with Crippen molar-refractivity contribution >= 4 is 21.1 Å². The maximum Gasteiger partial charge on any atom is 0.354 e. The Labute approximate surface area is 270 Å². The highest BCUT2D eigenvalue weighted by atomic mass is 32.2. The molecular weight excluding hydrogens is 600 g/mol. The molecule has 1 saturated carbocycles. The fourth-order valence-corrected chi connectivity index (χ4v) is 8.24. The Morgan fingerprint density at radius 3 is 2.57 bits per heavy atom. The van der Waals surface area contributed by atoms with Crippen LogP contribution in [0, 0.1) is 5.92 Å². The minimum Gasteiger partial charge on any atom is -0.381 e. The van der Waals surface area contributed by atoms with Crippen molar-refractivity contribution < 1.29 is 13.2 Å². The number of hydrogen-bond acceptors (Lipinski definition) is 7. The zero-order chi connectivity index (χ0) is 32.1. The van der Waals surface area contributed by atoms with Gasteiger partial charge in [0.1, 0.15) is 5.65 Å². The van der Waals surface area contributed by atoms with Crippen LogP contribution in [0.4, 0.5) is 0 Å². The second-order valence-electron chi connectivity index (χ2n) is 12.5. The zero-order valence-electron chi connectivity index (χ0n) is 26.3. The molecule has 10 nitrogen and oxygen atoms in total. The van der Waals surface area contributed by atoms with E-state index >= 15 is 0 Å². The number of H-pyrrole nitrogens is 1. The monoisotopic (exact) mass is 644 g/mol. The van der Waals surface area contributed by atoms with E-state index in [9.17, 15) is 13.2 Å². The van der Waals surface area contributed by atoms with E-state index in [0.717, 1.165) is 85.1 Å². The van der Waals surface area contributed by atoms with Gasteiger partial charge in [-0.25, -0.2) is 13.2 Å². The van der Waals surface area contributed by atoms with Crippen LogP contribution >= 0.6 is 0 Å². The molecule has 1 saturated heterocycles. The van der Waals surface area contributed by atoms with Crippen molar-refractivity contribution in [3.63, 3.8) is 0 Å². The smallest absolute Gasteiger partial charge is 0.354 e. The number of aromatic amines is 1. The number of hydrogen-bond donors (Lipinski definition) is 3. The van der Waals surface area contributed by atoms with Crippen molar-refractivity contribution in [1.29, 1.82) is 0 Å². The molecule has 0 amide bonds. The summed E-state index contributed by atoms with van der Waals surface area (Å²) in [4.78, 5) is 20.8. The summed E-state index contributed by atoms with van der Waals surface area (Å²) in [6, 6.07) is 16.7. The van der Waals surface area contributed by atoms with Crippen molar-refractivity contribution in [1.82, 2.24) is 24.2 Å². The molecule has 4 aromatic rings. The predicted octanol–water partition coefficient (Wildman–Crippen LogP) is 4.74. The fraction of sp³-hybridized carbons (Fsp3) is 0.429. The summed E-state index contributed by atoms with van der Waals surface area (Å²) in [5.74, 6) is 0.284. The van der Waals surface area contributed by atoms with E-state index in [1.165, 1.54) is 4.57 Å². The van der Waals surface area contributed by atoms with Crippen LogP contribution in [0.5, 0.6) is 0 Å². The van der Waals surface area contributed by atoms with Crippen LogP contribution in [0.25, 0.3) is 28.0 Å². The molecule has 2 aromatic heterocycles. The summed E-state index contributed by atoms with van der Waals surface area (Å²) in [6.45, 7) is 8.30. The van der Waals surface area contributed by atoms with Crippen molar-refractivity contribution in [2.75, 3.05) is 32.8 Å². The molecule has 1 aliphatic heterocycles. The first-order valence-electron chi connectivity index (χ1n) is 16.3. The molecule has 3 heterocycles. The van der Waals surface area contributed by atoms with Gasteiger partial charge in [-0.1, -0.05) is 36.4 Å². The van der Waals surface area contributed by atoms with E-state index < -0.39 is 10.0 Å². The van der Waals surface area contributed by atoms with E-state index in [0.29, 0.717) is 38.4 Å². The van der Waals surface area contributed by atoms with E-state index in [1.807, 2.05) is 42.5 Å². The topological polar surface area (TPSA) is 135 Å². The molecule has 6 rings (SSSR count). The van der Waals surface area contributed by atoms with Gasteiger partial charge in [0.15, 0.2) is 0 Å². The molecule has 2 fully saturated rings. The Bertz CT molecular complexity index is 1810. The molecule has 46 heavy (non-hydrogen) atoms. The van der Waals surface area contributed by atoms with Gasteiger partial charge in [-0.15, -0.1) is 0 Å². The number of nitrogens with one attached hydrogen (secondary N) is 2. The van der Waals surface area contributed by atoms with Gasteiger partial charge in [0, 0.05) is 49.6 Å². The lowest BCUT2D eigenvalue weighted by atomic mass is 9.91. The molecule has 0 radical (unpaired) electrons. The van der Waals surface area contributed by atoms with E-state index in [1.54, 1.807) is 22.6 Å². The average Bonchev–Trinajstić information content (AvgIpc) is 3.49. The standard InChI is InChI=1S/C35H44N6O4S/c1-25-4-2-5-31(20-25)41(23-27-14-18-45-19-15-27)46(43,44)32-12-8-28(9-13-32)33-21-29-24-40(35(42)39-34(29)38-33)30-10-6-26(7-11-30)22-37-17-3-16-36/h6-13,21,24,27,31,37H,1-5,14-20,22-23,36H2,(H,38,39,42). The van der Waals surface area contributed by atoms with Crippen LogP contribution in [0.15, 0.2) is 82.6 Å². The first kappa shape index (κ1) is 32.3. The van der Waals surface area contributed by atoms with Crippen LogP contribution in [0.1, 0.15) is 50.5 Å². The number of sulfonamides is 1. The second kappa shape index (κ2) is 14.4. The molecule has 0 spiro atoms. The van der Waals surface area contributed by atoms with Crippen molar-refractivity contribution in [2.24, 2.45) is 11.7 Å². The van der Waals surface area contributed by atoms with Gasteiger partial charge >= 0.3 is 5.69 Å². The van der Waals surface area contributed by atoms with Crippen LogP contribution < -0.4 is 16.7 Å². The Balaban J connectivity index is 1.22.